The van der Waals surface area contributed by atoms with Crippen LogP contribution in [-0.4, -0.2) is 38.6 Å². The first kappa shape index (κ1) is 14.1. The highest BCUT2D eigenvalue weighted by molar-refractivity contribution is 5.99. The second kappa shape index (κ2) is 6.31. The summed E-state index contributed by atoms with van der Waals surface area (Å²) >= 11 is 0. The van der Waals surface area contributed by atoms with Crippen LogP contribution in [0.25, 0.3) is 0 Å². The zero-order valence-corrected chi connectivity index (χ0v) is 12.3. The van der Waals surface area contributed by atoms with Crippen LogP contribution in [0.5, 0.6) is 5.75 Å². The number of carbonyl (C=O) groups is 1. The Morgan fingerprint density at radius 3 is 3.19 bits per heavy atom. The molecule has 112 valence electrons. The highest BCUT2D eigenvalue weighted by Gasteiger charge is 2.24. The maximum atomic E-state index is 12.6. The quantitative estimate of drug-likeness (QED) is 0.681. The third kappa shape index (κ3) is 2.95. The number of nitrogens with one attached hydrogen (secondary N) is 1. The predicted octanol–water partition coefficient (Wildman–Crippen LogP) is 2.25. The molecule has 21 heavy (non-hydrogen) atoms. The Hall–Kier alpha value is -1.81. The number of hydrogen-bond acceptors (Lipinski definition) is 4. The summed E-state index contributed by atoms with van der Waals surface area (Å²) in [6, 6.07) is 5.80. The maximum Gasteiger partial charge on any atom is 0.167 e. The predicted molar refractivity (Wildman–Crippen MR) is 84.3 cm³/mol. The Labute approximate surface area is 125 Å². The molecule has 2 aliphatic heterocycles. The molecule has 0 aliphatic carbocycles. The normalized spacial score (nSPS) is 21.3. The van der Waals surface area contributed by atoms with Crippen LogP contribution in [0, 0.1) is 5.92 Å². The Kier molecular flexibility index (Phi) is 4.25. The van der Waals surface area contributed by atoms with Crippen LogP contribution < -0.4 is 15.0 Å². The summed E-state index contributed by atoms with van der Waals surface area (Å²) in [7, 11) is 0. The molecule has 2 aliphatic rings. The van der Waals surface area contributed by atoms with Gasteiger partial charge in [-0.25, -0.2) is 0 Å². The first-order valence-electron chi connectivity index (χ1n) is 7.67. The third-order valence-corrected chi connectivity index (χ3v) is 4.22. The van der Waals surface area contributed by atoms with Crippen LogP contribution in [0.15, 0.2) is 30.9 Å². The molecule has 0 saturated carbocycles. The third-order valence-electron chi connectivity index (χ3n) is 4.22. The van der Waals surface area contributed by atoms with Crippen molar-refractivity contribution in [2.75, 3.05) is 37.7 Å². The molecule has 4 nitrogen and oxygen atoms in total. The molecule has 3 rings (SSSR count). The van der Waals surface area contributed by atoms with Crippen LogP contribution in [0.4, 0.5) is 5.69 Å². The Balaban J connectivity index is 1.85. The molecule has 4 heteroatoms. The van der Waals surface area contributed by atoms with Crippen molar-refractivity contribution in [2.45, 2.75) is 12.8 Å². The molecule has 0 amide bonds. The molecular weight excluding hydrogens is 264 g/mol. The summed E-state index contributed by atoms with van der Waals surface area (Å²) in [4.78, 5) is 14.8. The van der Waals surface area contributed by atoms with Crippen molar-refractivity contribution in [1.29, 1.82) is 0 Å². The number of anilines is 1. The molecule has 2 heterocycles. The van der Waals surface area contributed by atoms with E-state index in [1.54, 1.807) is 0 Å². The number of nitrogens with zero attached hydrogens (tertiary/aromatic N) is 1. The van der Waals surface area contributed by atoms with Crippen LogP contribution in [-0.2, 0) is 0 Å². The molecule has 0 bridgehead atoms. The highest BCUT2D eigenvalue weighted by Crippen LogP contribution is 2.33. The zero-order valence-electron chi connectivity index (χ0n) is 12.3. The molecule has 1 saturated heterocycles. The Bertz CT molecular complexity index is 536. The minimum absolute atomic E-state index is 0.106. The summed E-state index contributed by atoms with van der Waals surface area (Å²) in [5.74, 6) is 1.21. The number of hydrogen-bond donors (Lipinski definition) is 1. The zero-order chi connectivity index (χ0) is 14.7. The van der Waals surface area contributed by atoms with Crippen molar-refractivity contribution in [3.05, 3.63) is 36.4 Å². The molecule has 1 atom stereocenters. The molecule has 1 aromatic rings. The van der Waals surface area contributed by atoms with Crippen molar-refractivity contribution >= 4 is 11.5 Å². The smallest absolute Gasteiger partial charge is 0.167 e. The number of carbonyl (C=O) groups excluding carboxylic acids is 1. The molecule has 1 unspecified atom stereocenters. The first-order valence-corrected chi connectivity index (χ1v) is 7.67. The van der Waals surface area contributed by atoms with E-state index in [4.69, 9.17) is 4.74 Å². The molecule has 1 aromatic carbocycles. The summed E-state index contributed by atoms with van der Waals surface area (Å²) in [6.07, 6.45) is 3.94. The monoisotopic (exact) mass is 286 g/mol. The van der Waals surface area contributed by atoms with Gasteiger partial charge >= 0.3 is 0 Å². The second-order valence-corrected chi connectivity index (χ2v) is 5.67. The topological polar surface area (TPSA) is 41.6 Å². The average Bonchev–Trinajstić information content (AvgIpc) is 2.55. The van der Waals surface area contributed by atoms with Gasteiger partial charge in [-0.15, -0.1) is 6.58 Å². The van der Waals surface area contributed by atoms with Gasteiger partial charge < -0.3 is 15.0 Å². The van der Waals surface area contributed by atoms with Gasteiger partial charge in [0.2, 0.25) is 0 Å². The van der Waals surface area contributed by atoms with Crippen LogP contribution in [0.3, 0.4) is 0 Å². The summed E-state index contributed by atoms with van der Waals surface area (Å²) in [5.41, 5.74) is 1.80. The summed E-state index contributed by atoms with van der Waals surface area (Å²) in [5, 5.41) is 3.31. The van der Waals surface area contributed by atoms with Crippen LogP contribution >= 0.6 is 0 Å². The van der Waals surface area contributed by atoms with Gasteiger partial charge in [0.1, 0.15) is 12.4 Å². The minimum atomic E-state index is 0.106. The van der Waals surface area contributed by atoms with Gasteiger partial charge in [0, 0.05) is 24.6 Å². The van der Waals surface area contributed by atoms with Crippen LogP contribution in [0.2, 0.25) is 0 Å². The number of Topliss-reactive ketones (excluding diaryl/α,β-unsaturated/α-hetero) is 1. The largest absolute Gasteiger partial charge is 0.490 e. The van der Waals surface area contributed by atoms with Gasteiger partial charge in [0.15, 0.2) is 5.78 Å². The van der Waals surface area contributed by atoms with Gasteiger partial charge in [0.25, 0.3) is 0 Å². The number of ether oxygens (including phenoxy) is 1. The van der Waals surface area contributed by atoms with Crippen molar-refractivity contribution in [3.8, 4) is 5.75 Å². The lowest BCUT2D eigenvalue weighted by Gasteiger charge is -2.31. The summed E-state index contributed by atoms with van der Waals surface area (Å²) in [6.45, 7) is 7.91. The van der Waals surface area contributed by atoms with Gasteiger partial charge in [0.05, 0.1) is 12.2 Å². The number of fused-ring (bicyclic) bond motifs is 1. The van der Waals surface area contributed by atoms with E-state index in [-0.39, 0.29) is 11.7 Å². The lowest BCUT2D eigenvalue weighted by Crippen LogP contribution is -2.35. The van der Waals surface area contributed by atoms with Crippen molar-refractivity contribution in [1.82, 2.24) is 5.32 Å². The lowest BCUT2D eigenvalue weighted by atomic mass is 9.90. The standard InChI is InChI=1S/C17H22N2O2/c1-2-8-19-9-10-21-16-6-5-13(11-15(16)19)17(20)14-4-3-7-18-12-14/h2,5-6,11,14,18H,1,3-4,7-10,12H2. The number of rotatable bonds is 4. The Morgan fingerprint density at radius 2 is 2.43 bits per heavy atom. The van der Waals surface area contributed by atoms with Gasteiger partial charge in [-0.2, -0.15) is 0 Å². The SMILES string of the molecule is C=CCN1CCOc2ccc(C(=O)C3CCCNC3)cc21. The van der Waals surface area contributed by atoms with Crippen molar-refractivity contribution in [2.24, 2.45) is 5.92 Å². The fraction of sp³-hybridized carbons (Fsp3) is 0.471. The average molecular weight is 286 g/mol. The minimum Gasteiger partial charge on any atom is -0.490 e. The van der Waals surface area contributed by atoms with Crippen molar-refractivity contribution in [3.63, 3.8) is 0 Å². The van der Waals surface area contributed by atoms with E-state index in [0.29, 0.717) is 6.61 Å². The second-order valence-electron chi connectivity index (χ2n) is 5.67. The molecule has 0 aromatic heterocycles. The number of piperidine rings is 1. The van der Waals surface area contributed by atoms with Crippen LogP contribution in [0.1, 0.15) is 23.2 Å². The Morgan fingerprint density at radius 1 is 1.52 bits per heavy atom. The van der Waals surface area contributed by atoms with E-state index in [1.165, 1.54) is 0 Å². The van der Waals surface area contributed by atoms with E-state index in [9.17, 15) is 4.79 Å². The fourth-order valence-corrected chi connectivity index (χ4v) is 3.08. The van der Waals surface area contributed by atoms with Gasteiger partial charge in [-0.3, -0.25) is 4.79 Å². The molecule has 1 N–H and O–H groups in total. The first-order chi connectivity index (χ1) is 10.3. The van der Waals surface area contributed by atoms with E-state index >= 15 is 0 Å². The van der Waals surface area contributed by atoms with Crippen molar-refractivity contribution < 1.29 is 9.53 Å². The lowest BCUT2D eigenvalue weighted by molar-refractivity contribution is 0.0899. The van der Waals surface area contributed by atoms with E-state index in [0.717, 1.165) is 56.0 Å². The number of ketones is 1. The summed E-state index contributed by atoms with van der Waals surface area (Å²) < 4.78 is 5.68. The molecular formula is C17H22N2O2. The van der Waals surface area contributed by atoms with Gasteiger partial charge in [-0.05, 0) is 37.6 Å². The van der Waals surface area contributed by atoms with Gasteiger partial charge in [-0.1, -0.05) is 6.08 Å². The van der Waals surface area contributed by atoms with E-state index in [2.05, 4.69) is 16.8 Å². The molecule has 0 spiro atoms. The molecule has 0 radical (unpaired) electrons. The fourth-order valence-electron chi connectivity index (χ4n) is 3.08. The maximum absolute atomic E-state index is 12.6. The molecule has 1 fully saturated rings. The number of benzene rings is 1. The van der Waals surface area contributed by atoms with E-state index < -0.39 is 0 Å². The van der Waals surface area contributed by atoms with E-state index in [1.807, 2.05) is 24.3 Å². The highest BCUT2D eigenvalue weighted by atomic mass is 16.5.